The third-order valence-electron chi connectivity index (χ3n) is 5.30. The lowest BCUT2D eigenvalue weighted by Gasteiger charge is -2.23. The van der Waals surface area contributed by atoms with Crippen LogP contribution in [0.5, 0.6) is 0 Å². The van der Waals surface area contributed by atoms with Gasteiger partial charge >= 0.3 is 0 Å². The maximum Gasteiger partial charge on any atom is 0.243 e. The molecule has 0 spiro atoms. The van der Waals surface area contributed by atoms with Gasteiger partial charge in [0, 0.05) is 38.3 Å². The van der Waals surface area contributed by atoms with E-state index in [1.807, 2.05) is 11.6 Å². The summed E-state index contributed by atoms with van der Waals surface area (Å²) in [5.74, 6) is -0.0826. The van der Waals surface area contributed by atoms with Crippen LogP contribution in [-0.2, 0) is 14.8 Å². The minimum absolute atomic E-state index is 0.160. The van der Waals surface area contributed by atoms with Crippen LogP contribution in [0.25, 0.3) is 0 Å². The highest BCUT2D eigenvalue weighted by molar-refractivity contribution is 7.89. The van der Waals surface area contributed by atoms with E-state index in [2.05, 4.69) is 10.1 Å². The lowest BCUT2D eigenvalue weighted by Crippen LogP contribution is -2.30. The predicted molar refractivity (Wildman–Crippen MR) is 96.3 cm³/mol. The molecule has 2 aromatic rings. The van der Waals surface area contributed by atoms with Crippen LogP contribution in [0.4, 0.5) is 8.78 Å². The molecule has 3 heterocycles. The van der Waals surface area contributed by atoms with E-state index in [1.165, 1.54) is 4.31 Å². The normalized spacial score (nSPS) is 22.0. The van der Waals surface area contributed by atoms with Crippen molar-refractivity contribution in [3.8, 4) is 0 Å². The second-order valence-electron chi connectivity index (χ2n) is 7.26. The minimum atomic E-state index is -3.98. The zero-order valence-electron chi connectivity index (χ0n) is 15.5. The highest BCUT2D eigenvalue weighted by atomic mass is 32.2. The number of halogens is 2. The number of benzene rings is 1. The molecular weight excluding hydrogens is 390 g/mol. The van der Waals surface area contributed by atoms with Crippen LogP contribution in [0.3, 0.4) is 0 Å². The average Bonchev–Trinajstić information content (AvgIpc) is 3.28. The average molecular weight is 412 g/mol. The summed E-state index contributed by atoms with van der Waals surface area (Å²) < 4.78 is 61.2. The van der Waals surface area contributed by atoms with Crippen LogP contribution in [0.1, 0.15) is 42.9 Å². The predicted octanol–water partition coefficient (Wildman–Crippen LogP) is 2.39. The molecule has 28 heavy (non-hydrogen) atoms. The Morgan fingerprint density at radius 2 is 1.79 bits per heavy atom. The Morgan fingerprint density at radius 1 is 1.11 bits per heavy atom. The van der Waals surface area contributed by atoms with Crippen molar-refractivity contribution in [2.24, 2.45) is 0 Å². The fourth-order valence-electron chi connectivity index (χ4n) is 3.90. The van der Waals surface area contributed by atoms with Gasteiger partial charge in [0.25, 0.3) is 0 Å². The van der Waals surface area contributed by atoms with Crippen molar-refractivity contribution >= 4 is 10.0 Å². The van der Waals surface area contributed by atoms with E-state index >= 15 is 0 Å². The van der Waals surface area contributed by atoms with Crippen molar-refractivity contribution in [1.29, 1.82) is 0 Å². The zero-order chi connectivity index (χ0) is 19.9. The van der Waals surface area contributed by atoms with Crippen LogP contribution in [0.15, 0.2) is 23.1 Å². The zero-order valence-corrected chi connectivity index (χ0v) is 16.3. The van der Waals surface area contributed by atoms with E-state index in [4.69, 9.17) is 4.74 Å². The number of hydrogen-bond acceptors (Lipinski definition) is 5. The molecule has 2 saturated heterocycles. The second-order valence-corrected chi connectivity index (χ2v) is 9.20. The quantitative estimate of drug-likeness (QED) is 0.771. The van der Waals surface area contributed by atoms with E-state index in [0.29, 0.717) is 31.5 Å². The van der Waals surface area contributed by atoms with Crippen LogP contribution >= 0.6 is 0 Å². The molecule has 0 N–H and O–H groups in total. The number of hydrogen-bond donors (Lipinski definition) is 0. The van der Waals surface area contributed by atoms with Crippen molar-refractivity contribution < 1.29 is 21.9 Å². The van der Waals surface area contributed by atoms with Crippen molar-refractivity contribution in [2.75, 3.05) is 26.3 Å². The molecule has 2 fully saturated rings. The van der Waals surface area contributed by atoms with Gasteiger partial charge in [0.1, 0.15) is 23.3 Å². The number of rotatable bonds is 4. The molecule has 4 rings (SSSR count). The lowest BCUT2D eigenvalue weighted by atomic mass is 9.99. The highest BCUT2D eigenvalue weighted by Crippen LogP contribution is 2.32. The summed E-state index contributed by atoms with van der Waals surface area (Å²) in [4.78, 5) is 4.21. The number of aryl methyl sites for hydroxylation is 1. The number of sulfonamides is 1. The maximum absolute atomic E-state index is 13.5. The van der Waals surface area contributed by atoms with Gasteiger partial charge in [-0.05, 0) is 38.3 Å². The first-order valence-electron chi connectivity index (χ1n) is 9.31. The van der Waals surface area contributed by atoms with Crippen LogP contribution in [0, 0.1) is 18.6 Å². The van der Waals surface area contributed by atoms with Gasteiger partial charge < -0.3 is 4.74 Å². The summed E-state index contributed by atoms with van der Waals surface area (Å²) in [5, 5.41) is 4.51. The van der Waals surface area contributed by atoms with Crippen LogP contribution < -0.4 is 0 Å². The highest BCUT2D eigenvalue weighted by Gasteiger charge is 2.36. The molecule has 0 saturated carbocycles. The van der Waals surface area contributed by atoms with E-state index in [-0.39, 0.29) is 29.9 Å². The number of aromatic nitrogens is 3. The summed E-state index contributed by atoms with van der Waals surface area (Å²) in [5.41, 5.74) is 0. The first-order valence-corrected chi connectivity index (χ1v) is 10.8. The van der Waals surface area contributed by atoms with Crippen molar-refractivity contribution in [2.45, 2.75) is 43.0 Å². The van der Waals surface area contributed by atoms with Gasteiger partial charge in [-0.2, -0.15) is 9.40 Å². The minimum Gasteiger partial charge on any atom is -0.381 e. The van der Waals surface area contributed by atoms with E-state index in [9.17, 15) is 17.2 Å². The maximum atomic E-state index is 13.5. The van der Waals surface area contributed by atoms with Crippen molar-refractivity contribution in [1.82, 2.24) is 19.1 Å². The molecule has 152 valence electrons. The first-order chi connectivity index (χ1) is 13.3. The van der Waals surface area contributed by atoms with Crippen molar-refractivity contribution in [3.05, 3.63) is 41.5 Å². The van der Waals surface area contributed by atoms with Gasteiger partial charge in [0.05, 0.1) is 10.9 Å². The molecule has 7 nitrogen and oxygen atoms in total. The largest absolute Gasteiger partial charge is 0.381 e. The molecule has 1 atom stereocenters. The Labute approximate surface area is 162 Å². The van der Waals surface area contributed by atoms with Crippen molar-refractivity contribution in [3.63, 3.8) is 0 Å². The fourth-order valence-corrected chi connectivity index (χ4v) is 5.44. The fraction of sp³-hybridized carbons (Fsp3) is 0.556. The standard InChI is InChI=1S/C18H22F2N4O3S/c1-12-21-18(13-3-6-27-7-4-13)24(22-12)16-2-5-23(11-16)28(25,26)17-9-14(19)8-15(20)10-17/h8-10,13,16H,2-7,11H2,1H3/t16-/m0/s1. The Balaban J connectivity index is 1.57. The molecule has 0 amide bonds. The van der Waals surface area contributed by atoms with Gasteiger partial charge in [0.2, 0.25) is 10.0 Å². The molecule has 0 unspecified atom stereocenters. The molecule has 1 aromatic heterocycles. The Kier molecular flexibility index (Phi) is 5.19. The summed E-state index contributed by atoms with van der Waals surface area (Å²) in [6.07, 6.45) is 2.28. The molecule has 10 heteroatoms. The van der Waals surface area contributed by atoms with E-state index in [1.54, 1.807) is 0 Å². The van der Waals surface area contributed by atoms with Gasteiger partial charge in [-0.15, -0.1) is 0 Å². The van der Waals surface area contributed by atoms with Gasteiger partial charge in [0.15, 0.2) is 0 Å². The Morgan fingerprint density at radius 3 is 2.46 bits per heavy atom. The molecule has 0 bridgehead atoms. The SMILES string of the molecule is Cc1nc(C2CCOCC2)n([C@H]2CCN(S(=O)(=O)c3cc(F)cc(F)c3)C2)n1. The third-order valence-corrected chi connectivity index (χ3v) is 7.14. The first kappa shape index (κ1) is 19.4. The smallest absolute Gasteiger partial charge is 0.243 e. The topological polar surface area (TPSA) is 77.3 Å². The van der Waals surface area contributed by atoms with Gasteiger partial charge in [-0.1, -0.05) is 0 Å². The lowest BCUT2D eigenvalue weighted by molar-refractivity contribution is 0.0821. The molecular formula is C18H22F2N4O3S. The summed E-state index contributed by atoms with van der Waals surface area (Å²) in [7, 11) is -3.98. The number of ether oxygens (including phenoxy) is 1. The van der Waals surface area contributed by atoms with E-state index < -0.39 is 21.7 Å². The Hall–Kier alpha value is -1.91. The van der Waals surface area contributed by atoms with E-state index in [0.717, 1.165) is 30.8 Å². The van der Waals surface area contributed by atoms with Crippen LogP contribution in [0.2, 0.25) is 0 Å². The summed E-state index contributed by atoms with van der Waals surface area (Å²) in [6, 6.07) is 2.19. The van der Waals surface area contributed by atoms with Gasteiger partial charge in [-0.25, -0.2) is 26.9 Å². The summed E-state index contributed by atoms with van der Waals surface area (Å²) >= 11 is 0. The summed E-state index contributed by atoms with van der Waals surface area (Å²) in [6.45, 7) is 3.62. The monoisotopic (exact) mass is 412 g/mol. The molecule has 1 aromatic carbocycles. The molecule has 2 aliphatic rings. The molecule has 0 aliphatic carbocycles. The Bertz CT molecular complexity index is 953. The molecule has 0 radical (unpaired) electrons. The van der Waals surface area contributed by atoms with Crippen LogP contribution in [-0.4, -0.2) is 53.8 Å². The number of nitrogens with zero attached hydrogens (tertiary/aromatic N) is 4. The molecule has 2 aliphatic heterocycles. The third kappa shape index (κ3) is 3.68. The second kappa shape index (κ2) is 7.49. The van der Waals surface area contributed by atoms with Gasteiger partial charge in [-0.3, -0.25) is 0 Å².